The van der Waals surface area contributed by atoms with Crippen molar-refractivity contribution in [3.8, 4) is 0 Å². The van der Waals surface area contributed by atoms with Crippen molar-refractivity contribution in [3.05, 3.63) is 0 Å². The molecule has 0 heterocycles. The van der Waals surface area contributed by atoms with Gasteiger partial charge in [0.15, 0.2) is 0 Å². The molecular formula is C5H11AlO3. The number of unbranched alkanes of at least 4 members (excludes halogenated alkanes) is 2. The van der Waals surface area contributed by atoms with Crippen molar-refractivity contribution in [2.24, 2.45) is 0 Å². The predicted molar refractivity (Wildman–Crippen MR) is 33.0 cm³/mol. The second-order valence-corrected chi connectivity index (χ2v) is 2.11. The summed E-state index contributed by atoms with van der Waals surface area (Å²) in [5, 5.41) is 0. The van der Waals surface area contributed by atoms with Gasteiger partial charge in [0.1, 0.15) is 0 Å². The maximum absolute atomic E-state index is 9.70. The topological polar surface area (TPSA) is 35.5 Å². The van der Waals surface area contributed by atoms with Crippen molar-refractivity contribution in [1.82, 2.24) is 0 Å². The normalized spacial score (nSPS) is 8.56. The molecule has 3 nitrogen and oxygen atoms in total. The number of hydrogen-bond donors (Lipinski definition) is 0. The summed E-state index contributed by atoms with van der Waals surface area (Å²) in [5.41, 5.74) is 0. The van der Waals surface area contributed by atoms with Crippen LogP contribution in [0.3, 0.4) is 0 Å². The van der Waals surface area contributed by atoms with Gasteiger partial charge >= 0.3 is 60.9 Å². The molecule has 0 aliphatic heterocycles. The van der Waals surface area contributed by atoms with Crippen LogP contribution in [0.4, 0.5) is 0 Å². The molecule has 0 saturated heterocycles. The van der Waals surface area contributed by atoms with Crippen LogP contribution < -0.4 is 0 Å². The quantitative estimate of drug-likeness (QED) is 0.243. The van der Waals surface area contributed by atoms with E-state index in [-0.39, 0.29) is 0 Å². The maximum atomic E-state index is 9.70. The van der Waals surface area contributed by atoms with Crippen LogP contribution >= 0.6 is 0 Å². The van der Waals surface area contributed by atoms with Crippen LogP contribution in [0.1, 0.15) is 26.2 Å². The zero-order chi connectivity index (χ0) is 6.95. The van der Waals surface area contributed by atoms with Gasteiger partial charge in [-0.05, 0) is 0 Å². The van der Waals surface area contributed by atoms with Gasteiger partial charge in [-0.15, -0.1) is 0 Å². The number of rotatable bonds is 6. The molecule has 0 fully saturated rings. The van der Waals surface area contributed by atoms with E-state index in [1.807, 2.05) is 0 Å². The van der Waals surface area contributed by atoms with E-state index < -0.39 is 15.5 Å². The second kappa shape index (κ2) is 8.09. The van der Waals surface area contributed by atoms with Crippen LogP contribution in [0, 0.1) is 0 Å². The third kappa shape index (κ3) is 8.09. The van der Waals surface area contributed by atoms with E-state index >= 15 is 0 Å². The van der Waals surface area contributed by atoms with Crippen LogP contribution in [0.25, 0.3) is 0 Å². The molecule has 4 heteroatoms. The van der Waals surface area contributed by atoms with Gasteiger partial charge in [0.2, 0.25) is 0 Å². The Morgan fingerprint density at radius 1 is 1.44 bits per heavy atom. The zero-order valence-corrected chi connectivity index (χ0v) is 6.79. The fourth-order valence-electron chi connectivity index (χ4n) is 0.487. The van der Waals surface area contributed by atoms with Gasteiger partial charge in [-0.25, -0.2) is 0 Å². The summed E-state index contributed by atoms with van der Waals surface area (Å²) >= 11 is -1.20. The first kappa shape index (κ1) is 9.09. The van der Waals surface area contributed by atoms with Gasteiger partial charge in [-0.1, -0.05) is 0 Å². The van der Waals surface area contributed by atoms with E-state index in [9.17, 15) is 3.80 Å². The molecule has 0 spiro atoms. The summed E-state index contributed by atoms with van der Waals surface area (Å²) in [6.45, 7) is 2.67. The van der Waals surface area contributed by atoms with Crippen molar-refractivity contribution in [2.75, 3.05) is 6.61 Å². The molecule has 0 atom stereocenters. The van der Waals surface area contributed by atoms with Crippen molar-refractivity contribution in [2.45, 2.75) is 26.2 Å². The minimum absolute atomic E-state index is 0.559. The third-order valence-electron chi connectivity index (χ3n) is 0.939. The van der Waals surface area contributed by atoms with E-state index in [1.54, 1.807) is 0 Å². The van der Waals surface area contributed by atoms with Gasteiger partial charge in [-0.3, -0.25) is 0 Å². The fourth-order valence-corrected chi connectivity index (χ4v) is 0.639. The van der Waals surface area contributed by atoms with Gasteiger partial charge < -0.3 is 0 Å². The van der Waals surface area contributed by atoms with Gasteiger partial charge in [0, 0.05) is 0 Å². The Kier molecular flexibility index (Phi) is 8.18. The Labute approximate surface area is 61.5 Å². The van der Waals surface area contributed by atoms with Crippen molar-refractivity contribution >= 4 is 15.5 Å². The molecular weight excluding hydrogens is 135 g/mol. The van der Waals surface area contributed by atoms with E-state index in [0.29, 0.717) is 6.61 Å². The molecule has 0 bridgehead atoms. The van der Waals surface area contributed by atoms with Crippen LogP contribution in [-0.2, 0) is 12.6 Å². The first-order chi connectivity index (χ1) is 4.41. The van der Waals surface area contributed by atoms with E-state index in [4.69, 9.17) is 0 Å². The van der Waals surface area contributed by atoms with Crippen LogP contribution in [0.2, 0.25) is 0 Å². The molecule has 9 heavy (non-hydrogen) atoms. The molecule has 0 rings (SSSR count). The monoisotopic (exact) mass is 146 g/mol. The molecule has 0 aromatic heterocycles. The third-order valence-corrected chi connectivity index (χ3v) is 1.15. The Morgan fingerprint density at radius 2 is 2.22 bits per heavy atom. The number of hydrogen-bond acceptors (Lipinski definition) is 3. The first-order valence-electron chi connectivity index (χ1n) is 3.13. The first-order valence-corrected chi connectivity index (χ1v) is 4.08. The molecule has 0 amide bonds. The standard InChI is InChI=1S/C5H12O2.Al.O/c1-2-3-4-5-7-6;;/h6H,2-5H2,1H3;;/q;+1;/p-1. The average Bonchev–Trinajstić information content (AvgIpc) is 1.89. The zero-order valence-electron chi connectivity index (χ0n) is 5.63. The van der Waals surface area contributed by atoms with Crippen LogP contribution in [-0.4, -0.2) is 22.1 Å². The molecule has 52 valence electrons. The molecule has 0 aliphatic rings. The Hall–Kier alpha value is 0.0925. The van der Waals surface area contributed by atoms with Gasteiger partial charge in [0.25, 0.3) is 0 Å². The summed E-state index contributed by atoms with van der Waals surface area (Å²) in [5.74, 6) is 0. The molecule has 0 radical (unpaired) electrons. The Bertz CT molecular complexity index is 67.2. The van der Waals surface area contributed by atoms with Crippen LogP contribution in [0.15, 0.2) is 0 Å². The second-order valence-electron chi connectivity index (χ2n) is 1.72. The molecule has 0 aromatic carbocycles. The minimum atomic E-state index is -1.20. The summed E-state index contributed by atoms with van der Waals surface area (Å²) < 4.78 is 13.9. The average molecular weight is 146 g/mol. The van der Waals surface area contributed by atoms with Crippen molar-refractivity contribution in [3.63, 3.8) is 0 Å². The Morgan fingerprint density at radius 3 is 2.78 bits per heavy atom. The molecule has 0 N–H and O–H groups in total. The van der Waals surface area contributed by atoms with Gasteiger partial charge in [-0.2, -0.15) is 0 Å². The predicted octanol–water partition coefficient (Wildman–Crippen LogP) is 1.09. The summed E-state index contributed by atoms with van der Waals surface area (Å²) in [6, 6.07) is 0. The van der Waals surface area contributed by atoms with Crippen molar-refractivity contribution in [1.29, 1.82) is 0 Å². The van der Waals surface area contributed by atoms with Gasteiger partial charge in [0.05, 0.1) is 0 Å². The molecule has 0 unspecified atom stereocenters. The molecule has 0 saturated carbocycles. The van der Waals surface area contributed by atoms with Crippen LogP contribution in [0.5, 0.6) is 0 Å². The van der Waals surface area contributed by atoms with E-state index in [1.165, 1.54) is 0 Å². The van der Waals surface area contributed by atoms with Crippen molar-refractivity contribution < 1.29 is 12.6 Å². The summed E-state index contributed by atoms with van der Waals surface area (Å²) in [6.07, 6.45) is 3.28. The SMILES string of the molecule is CCCCCO[O][Al]=[O]. The van der Waals surface area contributed by atoms with E-state index in [0.717, 1.165) is 19.3 Å². The fraction of sp³-hybridized carbons (Fsp3) is 1.00. The summed E-state index contributed by atoms with van der Waals surface area (Å²) in [4.78, 5) is 4.51. The molecule has 0 aromatic rings. The van der Waals surface area contributed by atoms with E-state index in [2.05, 4.69) is 15.8 Å². The molecule has 0 aliphatic carbocycles. The summed E-state index contributed by atoms with van der Waals surface area (Å²) in [7, 11) is 0. The Balaban J connectivity index is 2.66.